The normalized spacial score (nSPS) is 17.6. The number of hydrogen-bond acceptors (Lipinski definition) is 4. The van der Waals surface area contributed by atoms with Crippen molar-refractivity contribution in [2.75, 3.05) is 19.6 Å². The van der Waals surface area contributed by atoms with Crippen LogP contribution in [0.5, 0.6) is 0 Å². The lowest BCUT2D eigenvalue weighted by Crippen LogP contribution is -2.46. The van der Waals surface area contributed by atoms with Crippen LogP contribution in [0.3, 0.4) is 0 Å². The summed E-state index contributed by atoms with van der Waals surface area (Å²) in [7, 11) is 0. The van der Waals surface area contributed by atoms with Crippen LogP contribution in [0.4, 0.5) is 0 Å². The molecule has 0 radical (unpaired) electrons. The van der Waals surface area contributed by atoms with Crippen LogP contribution in [0.25, 0.3) is 0 Å². The quantitative estimate of drug-likeness (QED) is 0.558. The minimum Gasteiger partial charge on any atom is -0.354 e. The second-order valence-electron chi connectivity index (χ2n) is 9.39. The summed E-state index contributed by atoms with van der Waals surface area (Å²) in [6, 6.07) is 20.9. The van der Waals surface area contributed by atoms with Gasteiger partial charge in [0.15, 0.2) is 5.69 Å². The number of aryl methyl sites for hydroxylation is 1. The molecule has 2 aromatic carbocycles. The maximum absolute atomic E-state index is 13.4. The van der Waals surface area contributed by atoms with Crippen molar-refractivity contribution in [2.24, 2.45) is 0 Å². The summed E-state index contributed by atoms with van der Waals surface area (Å²) in [6.45, 7) is 2.75. The molecule has 3 heterocycles. The van der Waals surface area contributed by atoms with E-state index in [1.54, 1.807) is 15.6 Å². The van der Waals surface area contributed by atoms with Crippen molar-refractivity contribution in [1.82, 2.24) is 24.9 Å². The highest BCUT2D eigenvalue weighted by Crippen LogP contribution is 2.22. The van der Waals surface area contributed by atoms with E-state index in [0.717, 1.165) is 30.4 Å². The number of rotatable bonds is 7. The van der Waals surface area contributed by atoms with Crippen LogP contribution in [-0.4, -0.2) is 63.0 Å². The van der Waals surface area contributed by atoms with E-state index in [4.69, 9.17) is 0 Å². The zero-order valence-electron chi connectivity index (χ0n) is 20.3. The van der Waals surface area contributed by atoms with Gasteiger partial charge in [0, 0.05) is 38.8 Å². The molecular formula is C28H31N5O3. The molecule has 0 bridgehead atoms. The largest absolute Gasteiger partial charge is 0.354 e. The zero-order valence-corrected chi connectivity index (χ0v) is 20.3. The van der Waals surface area contributed by atoms with Crippen LogP contribution in [0.1, 0.15) is 51.4 Å². The van der Waals surface area contributed by atoms with Crippen molar-refractivity contribution in [3.05, 3.63) is 89.2 Å². The molecule has 1 fully saturated rings. The Balaban J connectivity index is 1.25. The summed E-state index contributed by atoms with van der Waals surface area (Å²) in [6.07, 6.45) is 2.89. The minimum absolute atomic E-state index is 0.125. The van der Waals surface area contributed by atoms with E-state index in [-0.39, 0.29) is 23.4 Å². The van der Waals surface area contributed by atoms with E-state index in [1.807, 2.05) is 65.6 Å². The molecule has 3 aromatic rings. The molecule has 0 saturated carbocycles. The first-order chi connectivity index (χ1) is 17.6. The van der Waals surface area contributed by atoms with E-state index < -0.39 is 6.04 Å². The molecule has 3 amide bonds. The van der Waals surface area contributed by atoms with Crippen LogP contribution in [0.15, 0.2) is 66.7 Å². The fraction of sp³-hybridized carbons (Fsp3) is 0.357. The van der Waals surface area contributed by atoms with Crippen molar-refractivity contribution in [3.8, 4) is 0 Å². The summed E-state index contributed by atoms with van der Waals surface area (Å²) in [5.74, 6) is -0.555. The second kappa shape index (κ2) is 10.8. The van der Waals surface area contributed by atoms with Crippen LogP contribution >= 0.6 is 0 Å². The van der Waals surface area contributed by atoms with Crippen LogP contribution in [0.2, 0.25) is 0 Å². The van der Waals surface area contributed by atoms with Crippen molar-refractivity contribution in [3.63, 3.8) is 0 Å². The number of aromatic nitrogens is 2. The number of carbonyl (C=O) groups excluding carboxylic acids is 3. The predicted molar refractivity (Wildman–Crippen MR) is 135 cm³/mol. The van der Waals surface area contributed by atoms with Gasteiger partial charge in [-0.25, -0.2) is 0 Å². The van der Waals surface area contributed by atoms with Crippen LogP contribution in [0, 0.1) is 0 Å². The van der Waals surface area contributed by atoms with E-state index in [0.29, 0.717) is 44.8 Å². The monoisotopic (exact) mass is 485 g/mol. The van der Waals surface area contributed by atoms with Gasteiger partial charge in [0.2, 0.25) is 5.91 Å². The maximum atomic E-state index is 13.4. The molecule has 0 aliphatic carbocycles. The average Bonchev–Trinajstić information content (AvgIpc) is 3.54. The highest BCUT2D eigenvalue weighted by Gasteiger charge is 2.36. The predicted octanol–water partition coefficient (Wildman–Crippen LogP) is 2.89. The van der Waals surface area contributed by atoms with Gasteiger partial charge in [-0.2, -0.15) is 5.10 Å². The molecule has 1 N–H and O–H groups in total. The third-order valence-electron chi connectivity index (χ3n) is 6.89. The van der Waals surface area contributed by atoms with Gasteiger partial charge < -0.3 is 15.1 Å². The molecule has 8 heteroatoms. The van der Waals surface area contributed by atoms with Gasteiger partial charge in [-0.3, -0.25) is 19.1 Å². The summed E-state index contributed by atoms with van der Waals surface area (Å²) < 4.78 is 1.64. The smallest absolute Gasteiger partial charge is 0.275 e. The van der Waals surface area contributed by atoms with Crippen LogP contribution in [-0.2, 0) is 24.3 Å². The highest BCUT2D eigenvalue weighted by molar-refractivity contribution is 6.00. The Morgan fingerprint density at radius 3 is 2.39 bits per heavy atom. The Morgan fingerprint density at radius 1 is 0.917 bits per heavy atom. The molecule has 36 heavy (non-hydrogen) atoms. The van der Waals surface area contributed by atoms with Gasteiger partial charge >= 0.3 is 0 Å². The first kappa shape index (κ1) is 23.8. The van der Waals surface area contributed by atoms with Crippen molar-refractivity contribution in [1.29, 1.82) is 0 Å². The lowest BCUT2D eigenvalue weighted by atomic mass is 10.1. The lowest BCUT2D eigenvalue weighted by molar-refractivity contribution is -0.124. The van der Waals surface area contributed by atoms with Gasteiger partial charge in [-0.05, 0) is 36.8 Å². The van der Waals surface area contributed by atoms with Gasteiger partial charge in [-0.15, -0.1) is 0 Å². The standard InChI is InChI=1S/C28H31N5O3/c34-26(29-15-14-21-9-3-1-4-10-21)24-13-7-17-32(24)27(35)23-19-25-28(36)31(16-8-18-33(25)30-23)20-22-11-5-2-6-12-22/h1-6,9-12,19,24H,7-8,13-18,20H2,(H,29,34)/t24-/m0/s1. The Bertz CT molecular complexity index is 1220. The van der Waals surface area contributed by atoms with Gasteiger partial charge in [-0.1, -0.05) is 60.7 Å². The summed E-state index contributed by atoms with van der Waals surface area (Å²) in [4.78, 5) is 43.0. The molecule has 0 spiro atoms. The number of likely N-dealkylation sites (tertiary alicyclic amines) is 1. The van der Waals surface area contributed by atoms with E-state index in [1.165, 1.54) is 0 Å². The number of carbonyl (C=O) groups is 3. The molecule has 1 aromatic heterocycles. The SMILES string of the molecule is O=C(NCCc1ccccc1)[C@@H]1CCCN1C(=O)c1cc2n(n1)CCCN(Cc1ccccc1)C2=O. The minimum atomic E-state index is -0.514. The van der Waals surface area contributed by atoms with E-state index in [9.17, 15) is 14.4 Å². The zero-order chi connectivity index (χ0) is 24.9. The van der Waals surface area contributed by atoms with Gasteiger partial charge in [0.25, 0.3) is 11.8 Å². The second-order valence-corrected chi connectivity index (χ2v) is 9.39. The molecule has 1 saturated heterocycles. The van der Waals surface area contributed by atoms with E-state index in [2.05, 4.69) is 10.4 Å². The van der Waals surface area contributed by atoms with E-state index >= 15 is 0 Å². The van der Waals surface area contributed by atoms with Gasteiger partial charge in [0.05, 0.1) is 0 Å². The number of fused-ring (bicyclic) bond motifs is 1. The molecule has 5 rings (SSSR count). The number of nitrogens with zero attached hydrogens (tertiary/aromatic N) is 4. The third-order valence-corrected chi connectivity index (χ3v) is 6.89. The van der Waals surface area contributed by atoms with Crippen molar-refractivity contribution < 1.29 is 14.4 Å². The number of nitrogens with one attached hydrogen (secondary N) is 1. The molecule has 8 nitrogen and oxygen atoms in total. The summed E-state index contributed by atoms with van der Waals surface area (Å²) >= 11 is 0. The molecule has 1 atom stereocenters. The van der Waals surface area contributed by atoms with Crippen molar-refractivity contribution in [2.45, 2.75) is 44.8 Å². The fourth-order valence-electron chi connectivity index (χ4n) is 5.02. The third kappa shape index (κ3) is 5.17. The molecule has 0 unspecified atom stereocenters. The fourth-order valence-corrected chi connectivity index (χ4v) is 5.02. The lowest BCUT2D eigenvalue weighted by Gasteiger charge is -2.23. The number of amides is 3. The first-order valence-electron chi connectivity index (χ1n) is 12.6. The van der Waals surface area contributed by atoms with Crippen molar-refractivity contribution >= 4 is 17.7 Å². The Morgan fingerprint density at radius 2 is 1.64 bits per heavy atom. The average molecular weight is 486 g/mol. The Kier molecular flexibility index (Phi) is 7.11. The summed E-state index contributed by atoms with van der Waals surface area (Å²) in [5.41, 5.74) is 2.87. The Hall–Kier alpha value is -3.94. The van der Waals surface area contributed by atoms with Crippen LogP contribution < -0.4 is 5.32 Å². The molecule has 186 valence electrons. The molecule has 2 aliphatic heterocycles. The molecule has 2 aliphatic rings. The maximum Gasteiger partial charge on any atom is 0.275 e. The highest BCUT2D eigenvalue weighted by atomic mass is 16.2. The molecular weight excluding hydrogens is 454 g/mol. The number of hydrogen-bond donors (Lipinski definition) is 1. The summed E-state index contributed by atoms with van der Waals surface area (Å²) in [5, 5.41) is 7.47. The Labute approximate surface area is 210 Å². The topological polar surface area (TPSA) is 87.5 Å². The first-order valence-corrected chi connectivity index (χ1v) is 12.6. The number of benzene rings is 2. The van der Waals surface area contributed by atoms with Gasteiger partial charge in [0.1, 0.15) is 11.7 Å².